The number of hydrogen-bond donors (Lipinski definition) is 1. The molecule has 1 saturated heterocycles. The standard InChI is InChI=1S/C19H19N3O3S/c1-11(22-18(24)12-6-2-3-7-13(12)19(22)25)17(23)20-10-16-21-14-8-4-5-9-15(14)26-16/h2-5,8-9,11-13H,6-7,10H2,1H3,(H,20,23)/t11-,12-,13+/m1/s1. The largest absolute Gasteiger partial charge is 0.348 e. The zero-order valence-electron chi connectivity index (χ0n) is 14.3. The summed E-state index contributed by atoms with van der Waals surface area (Å²) >= 11 is 1.52. The molecule has 0 saturated carbocycles. The average Bonchev–Trinajstić information content (AvgIpc) is 3.18. The van der Waals surface area contributed by atoms with E-state index in [-0.39, 0.29) is 36.1 Å². The smallest absolute Gasteiger partial charge is 0.243 e. The van der Waals surface area contributed by atoms with Crippen LogP contribution in [0.1, 0.15) is 24.8 Å². The first-order valence-electron chi connectivity index (χ1n) is 8.70. The lowest BCUT2D eigenvalue weighted by molar-refractivity contribution is -0.147. The number of hydrogen-bond acceptors (Lipinski definition) is 5. The molecule has 6 nitrogen and oxygen atoms in total. The van der Waals surface area contributed by atoms with E-state index in [4.69, 9.17) is 0 Å². The summed E-state index contributed by atoms with van der Waals surface area (Å²) in [5.74, 6) is -1.42. The molecule has 3 amide bonds. The number of carbonyl (C=O) groups is 3. The van der Waals surface area contributed by atoms with Crippen molar-refractivity contribution in [1.29, 1.82) is 0 Å². The van der Waals surface area contributed by atoms with Gasteiger partial charge in [-0.05, 0) is 31.9 Å². The average molecular weight is 369 g/mol. The summed E-state index contributed by atoms with van der Waals surface area (Å²) in [6.07, 6.45) is 5.03. The highest BCUT2D eigenvalue weighted by Gasteiger charge is 2.50. The van der Waals surface area contributed by atoms with Crippen molar-refractivity contribution in [2.45, 2.75) is 32.4 Å². The van der Waals surface area contributed by atoms with Gasteiger partial charge in [0, 0.05) is 0 Å². The van der Waals surface area contributed by atoms with Crippen LogP contribution in [0.15, 0.2) is 36.4 Å². The maximum atomic E-state index is 12.6. The van der Waals surface area contributed by atoms with Crippen LogP contribution in [0.25, 0.3) is 10.2 Å². The molecule has 2 aliphatic rings. The Bertz CT molecular complexity index is 861. The number of amides is 3. The molecule has 0 unspecified atom stereocenters. The van der Waals surface area contributed by atoms with Gasteiger partial charge < -0.3 is 5.32 Å². The van der Waals surface area contributed by atoms with Crippen LogP contribution in [0.3, 0.4) is 0 Å². The van der Waals surface area contributed by atoms with E-state index in [0.29, 0.717) is 12.8 Å². The van der Waals surface area contributed by atoms with Gasteiger partial charge in [-0.2, -0.15) is 0 Å². The first kappa shape index (κ1) is 16.9. The van der Waals surface area contributed by atoms with Crippen LogP contribution in [0, 0.1) is 11.8 Å². The number of likely N-dealkylation sites (tertiary alicyclic amines) is 1. The summed E-state index contributed by atoms with van der Waals surface area (Å²) in [5.41, 5.74) is 0.899. The van der Waals surface area contributed by atoms with E-state index >= 15 is 0 Å². The fraction of sp³-hybridized carbons (Fsp3) is 0.368. The van der Waals surface area contributed by atoms with Crippen LogP contribution >= 0.6 is 11.3 Å². The van der Waals surface area contributed by atoms with Crippen molar-refractivity contribution in [3.05, 3.63) is 41.4 Å². The highest BCUT2D eigenvalue weighted by Crippen LogP contribution is 2.36. The molecule has 0 radical (unpaired) electrons. The number of rotatable bonds is 4. The van der Waals surface area contributed by atoms with Crippen LogP contribution in [0.2, 0.25) is 0 Å². The van der Waals surface area contributed by atoms with E-state index in [1.165, 1.54) is 11.3 Å². The summed E-state index contributed by atoms with van der Waals surface area (Å²) < 4.78 is 1.06. The van der Waals surface area contributed by atoms with Crippen molar-refractivity contribution in [2.75, 3.05) is 0 Å². The zero-order valence-corrected chi connectivity index (χ0v) is 15.2. The number of carbonyl (C=O) groups excluding carboxylic acids is 3. The van der Waals surface area contributed by atoms with Crippen molar-refractivity contribution in [1.82, 2.24) is 15.2 Å². The van der Waals surface area contributed by atoms with Crippen LogP contribution < -0.4 is 5.32 Å². The van der Waals surface area contributed by atoms with Gasteiger partial charge in [-0.25, -0.2) is 4.98 Å². The van der Waals surface area contributed by atoms with Gasteiger partial charge in [-0.1, -0.05) is 24.3 Å². The molecule has 1 aromatic heterocycles. The number of benzene rings is 1. The summed E-state index contributed by atoms with van der Waals surface area (Å²) in [4.78, 5) is 43.3. The van der Waals surface area contributed by atoms with Crippen LogP contribution in [0.5, 0.6) is 0 Å². The van der Waals surface area contributed by atoms with E-state index in [1.54, 1.807) is 6.92 Å². The molecule has 7 heteroatoms. The Balaban J connectivity index is 1.43. The second kappa shape index (κ2) is 6.64. The maximum absolute atomic E-state index is 12.6. The number of fused-ring (bicyclic) bond motifs is 2. The molecule has 2 heterocycles. The summed E-state index contributed by atoms with van der Waals surface area (Å²) in [6, 6.07) is 6.97. The molecule has 2 aromatic rings. The van der Waals surface area contributed by atoms with E-state index in [2.05, 4.69) is 10.3 Å². The van der Waals surface area contributed by atoms with Gasteiger partial charge in [-0.15, -0.1) is 11.3 Å². The molecule has 4 rings (SSSR count). The first-order chi connectivity index (χ1) is 12.6. The van der Waals surface area contributed by atoms with Crippen molar-refractivity contribution in [3.63, 3.8) is 0 Å². The van der Waals surface area contributed by atoms with Gasteiger partial charge in [0.25, 0.3) is 0 Å². The number of aromatic nitrogens is 1. The zero-order chi connectivity index (χ0) is 18.3. The molecule has 1 aliphatic carbocycles. The predicted octanol–water partition coefficient (Wildman–Crippen LogP) is 2.25. The topological polar surface area (TPSA) is 79.4 Å². The van der Waals surface area contributed by atoms with Crippen molar-refractivity contribution in [2.24, 2.45) is 11.8 Å². The predicted molar refractivity (Wildman–Crippen MR) is 98.1 cm³/mol. The Labute approximate surface area is 154 Å². The van der Waals surface area contributed by atoms with Crippen molar-refractivity contribution in [3.8, 4) is 0 Å². The van der Waals surface area contributed by atoms with E-state index in [1.807, 2.05) is 36.4 Å². The molecule has 3 atom stereocenters. The summed E-state index contributed by atoms with van der Waals surface area (Å²) in [7, 11) is 0. The van der Waals surface area contributed by atoms with Crippen LogP contribution in [0.4, 0.5) is 0 Å². The third kappa shape index (κ3) is 2.82. The Morgan fingerprint density at radius 3 is 2.54 bits per heavy atom. The summed E-state index contributed by atoms with van der Waals surface area (Å²) in [5, 5.41) is 3.60. The SMILES string of the molecule is C[C@H](C(=O)NCc1nc2ccccc2s1)N1C(=O)[C@H]2CC=CC[C@H]2C1=O. The van der Waals surface area contributed by atoms with Gasteiger partial charge in [0.1, 0.15) is 11.0 Å². The second-order valence-electron chi connectivity index (χ2n) is 6.67. The fourth-order valence-electron chi connectivity index (χ4n) is 3.63. The minimum absolute atomic E-state index is 0.230. The van der Waals surface area contributed by atoms with Gasteiger partial charge in [0.2, 0.25) is 17.7 Å². The Morgan fingerprint density at radius 1 is 1.23 bits per heavy atom. The first-order valence-corrected chi connectivity index (χ1v) is 9.52. The normalized spacial score (nSPS) is 23.3. The van der Waals surface area contributed by atoms with Crippen molar-refractivity contribution >= 4 is 39.3 Å². The molecule has 0 spiro atoms. The lowest BCUT2D eigenvalue weighted by atomic mass is 9.85. The minimum Gasteiger partial charge on any atom is -0.348 e. The number of nitrogens with one attached hydrogen (secondary N) is 1. The van der Waals surface area contributed by atoms with Gasteiger partial charge >= 0.3 is 0 Å². The number of thiazole rings is 1. The van der Waals surface area contributed by atoms with Crippen LogP contribution in [-0.4, -0.2) is 33.6 Å². The quantitative estimate of drug-likeness (QED) is 0.662. The third-order valence-electron chi connectivity index (χ3n) is 5.06. The molecule has 134 valence electrons. The number of para-hydroxylation sites is 1. The molecule has 1 fully saturated rings. The van der Waals surface area contributed by atoms with E-state index in [9.17, 15) is 14.4 Å². The highest BCUT2D eigenvalue weighted by atomic mass is 32.1. The lowest BCUT2D eigenvalue weighted by Crippen LogP contribution is -2.48. The Hall–Kier alpha value is -2.54. The maximum Gasteiger partial charge on any atom is 0.243 e. The number of imide groups is 1. The number of allylic oxidation sites excluding steroid dienone is 2. The number of nitrogens with zero attached hydrogens (tertiary/aromatic N) is 2. The van der Waals surface area contributed by atoms with E-state index < -0.39 is 6.04 Å². The Morgan fingerprint density at radius 2 is 1.88 bits per heavy atom. The molecule has 1 aromatic carbocycles. The molecule has 1 N–H and O–H groups in total. The molecular formula is C19H19N3O3S. The van der Waals surface area contributed by atoms with E-state index in [0.717, 1.165) is 20.1 Å². The molecular weight excluding hydrogens is 350 g/mol. The highest BCUT2D eigenvalue weighted by molar-refractivity contribution is 7.18. The van der Waals surface area contributed by atoms with Crippen LogP contribution in [-0.2, 0) is 20.9 Å². The lowest BCUT2D eigenvalue weighted by Gasteiger charge is -2.22. The van der Waals surface area contributed by atoms with Crippen molar-refractivity contribution < 1.29 is 14.4 Å². The van der Waals surface area contributed by atoms with Gasteiger partial charge in [-0.3, -0.25) is 19.3 Å². The monoisotopic (exact) mass is 369 g/mol. The minimum atomic E-state index is -0.810. The van der Waals surface area contributed by atoms with Gasteiger partial charge in [0.15, 0.2) is 0 Å². The molecule has 26 heavy (non-hydrogen) atoms. The van der Waals surface area contributed by atoms with Gasteiger partial charge in [0.05, 0.1) is 28.6 Å². The summed E-state index contributed by atoms with van der Waals surface area (Å²) in [6.45, 7) is 1.89. The Kier molecular flexibility index (Phi) is 4.32. The fourth-order valence-corrected chi connectivity index (χ4v) is 4.54. The third-order valence-corrected chi connectivity index (χ3v) is 6.10. The molecule has 1 aliphatic heterocycles. The second-order valence-corrected chi connectivity index (χ2v) is 7.79. The molecule has 0 bridgehead atoms.